The number of halogens is 2. The van der Waals surface area contributed by atoms with Crippen LogP contribution in [0.2, 0.25) is 10.0 Å². The summed E-state index contributed by atoms with van der Waals surface area (Å²) in [5.74, 6) is 1.14. The zero-order valence-electron chi connectivity index (χ0n) is 19.4. The average molecular weight is 548 g/mol. The first-order chi connectivity index (χ1) is 17.9. The molecule has 2 N–H and O–H groups in total. The van der Waals surface area contributed by atoms with Crippen molar-refractivity contribution in [3.05, 3.63) is 100 Å². The number of para-hydroxylation sites is 2. The molecule has 1 amide bonds. The lowest BCUT2D eigenvalue weighted by Gasteiger charge is -2.09. The molecule has 0 bridgehead atoms. The van der Waals surface area contributed by atoms with E-state index in [0.717, 1.165) is 16.6 Å². The minimum atomic E-state index is -0.415. The molecule has 0 radical (unpaired) electrons. The van der Waals surface area contributed by atoms with Crippen LogP contribution in [0.3, 0.4) is 0 Å². The third kappa shape index (κ3) is 5.75. The first kappa shape index (κ1) is 24.8. The topological polar surface area (TPSA) is 80.3 Å². The summed E-state index contributed by atoms with van der Waals surface area (Å²) in [6, 6.07) is 21.9. The van der Waals surface area contributed by atoms with E-state index in [2.05, 4.69) is 15.6 Å². The molecular formula is C28H19Cl2N3O3S. The number of thiocarbonyl (C=S) groups is 1. The highest BCUT2D eigenvalue weighted by Crippen LogP contribution is 2.32. The molecule has 3 aromatic carbocycles. The Kier molecular flexibility index (Phi) is 7.10. The Balaban J connectivity index is 1.22. The maximum Gasteiger partial charge on any atom is 0.250 e. The molecule has 0 aliphatic heterocycles. The third-order valence-electron chi connectivity index (χ3n) is 5.47. The molecule has 0 saturated heterocycles. The maximum atomic E-state index is 12.4. The van der Waals surface area contributed by atoms with E-state index >= 15 is 0 Å². The van der Waals surface area contributed by atoms with Crippen LogP contribution >= 0.6 is 35.4 Å². The van der Waals surface area contributed by atoms with E-state index < -0.39 is 5.91 Å². The van der Waals surface area contributed by atoms with Crippen LogP contribution in [0.15, 0.2) is 87.7 Å². The van der Waals surface area contributed by atoms with Gasteiger partial charge in [-0.2, -0.15) is 0 Å². The van der Waals surface area contributed by atoms with E-state index in [1.807, 2.05) is 55.5 Å². The molecule has 37 heavy (non-hydrogen) atoms. The van der Waals surface area contributed by atoms with Crippen LogP contribution in [0.5, 0.6) is 0 Å². The number of amides is 1. The number of aromatic nitrogens is 1. The van der Waals surface area contributed by atoms with Crippen LogP contribution in [0.4, 0.5) is 5.69 Å². The molecule has 2 aromatic heterocycles. The van der Waals surface area contributed by atoms with Gasteiger partial charge in [0.15, 0.2) is 10.7 Å². The van der Waals surface area contributed by atoms with E-state index in [4.69, 9.17) is 44.3 Å². The third-order valence-corrected chi connectivity index (χ3v) is 6.41. The second-order valence-corrected chi connectivity index (χ2v) is 9.35. The first-order valence-electron chi connectivity index (χ1n) is 11.2. The van der Waals surface area contributed by atoms with E-state index in [1.165, 1.54) is 6.08 Å². The summed E-state index contributed by atoms with van der Waals surface area (Å²) in [6.45, 7) is 1.93. The lowest BCUT2D eigenvalue weighted by molar-refractivity contribution is -0.115. The van der Waals surface area contributed by atoms with Crippen molar-refractivity contribution in [2.24, 2.45) is 0 Å². The molecule has 0 saturated carbocycles. The minimum Gasteiger partial charge on any atom is -0.457 e. The molecule has 0 aliphatic rings. The van der Waals surface area contributed by atoms with Crippen molar-refractivity contribution in [2.75, 3.05) is 5.32 Å². The number of benzene rings is 3. The van der Waals surface area contributed by atoms with Crippen molar-refractivity contribution in [3.8, 4) is 22.8 Å². The molecule has 5 aromatic rings. The molecule has 0 atom stereocenters. The summed E-state index contributed by atoms with van der Waals surface area (Å²) in [4.78, 5) is 16.9. The molecular weight excluding hydrogens is 529 g/mol. The lowest BCUT2D eigenvalue weighted by atomic mass is 10.1. The second kappa shape index (κ2) is 10.6. The normalized spacial score (nSPS) is 11.2. The van der Waals surface area contributed by atoms with Crippen molar-refractivity contribution in [1.29, 1.82) is 0 Å². The number of hydrogen-bond acceptors (Lipinski definition) is 5. The number of furan rings is 1. The molecule has 9 heteroatoms. The summed E-state index contributed by atoms with van der Waals surface area (Å²) in [6.07, 6.45) is 2.90. The van der Waals surface area contributed by atoms with E-state index in [9.17, 15) is 4.79 Å². The van der Waals surface area contributed by atoms with Crippen LogP contribution < -0.4 is 10.6 Å². The second-order valence-electron chi connectivity index (χ2n) is 8.12. The molecule has 0 spiro atoms. The average Bonchev–Trinajstić information content (AvgIpc) is 3.53. The predicted molar refractivity (Wildman–Crippen MR) is 152 cm³/mol. The van der Waals surface area contributed by atoms with Gasteiger partial charge in [-0.05, 0) is 79.3 Å². The fourth-order valence-electron chi connectivity index (χ4n) is 3.57. The maximum absolute atomic E-state index is 12.4. The Bertz CT molecular complexity index is 1640. The number of anilines is 1. The van der Waals surface area contributed by atoms with Crippen molar-refractivity contribution in [3.63, 3.8) is 0 Å². The summed E-state index contributed by atoms with van der Waals surface area (Å²) in [5.41, 5.74) is 4.44. The first-order valence-corrected chi connectivity index (χ1v) is 12.3. The van der Waals surface area contributed by atoms with Crippen molar-refractivity contribution >= 4 is 69.3 Å². The monoisotopic (exact) mass is 547 g/mol. The summed E-state index contributed by atoms with van der Waals surface area (Å²) < 4.78 is 11.6. The number of aryl methyl sites for hydroxylation is 1. The highest BCUT2D eigenvalue weighted by molar-refractivity contribution is 7.80. The number of carbonyl (C=O) groups excluding carboxylic acids is 1. The van der Waals surface area contributed by atoms with Crippen molar-refractivity contribution in [1.82, 2.24) is 10.3 Å². The standard InChI is InChI=1S/C28H19Cl2N3O3S/c1-16-6-7-17(14-22(16)30)24-12-9-19(35-24)10-13-26(34)33-28(37)31-18-8-11-21(29)20(15-18)27-32-23-4-2-3-5-25(23)36-27/h2-15H,1H3,(H2,31,33,34,37)/b13-10+. The number of fused-ring (bicyclic) bond motifs is 1. The van der Waals surface area contributed by atoms with Crippen LogP contribution in [-0.2, 0) is 4.79 Å². The number of nitrogens with zero attached hydrogens (tertiary/aromatic N) is 1. The van der Waals surface area contributed by atoms with Gasteiger partial charge in [0.1, 0.15) is 17.0 Å². The highest BCUT2D eigenvalue weighted by atomic mass is 35.5. The quantitative estimate of drug-likeness (QED) is 0.172. The van der Waals surface area contributed by atoms with Gasteiger partial charge in [0.05, 0.1) is 10.6 Å². The van der Waals surface area contributed by atoms with Gasteiger partial charge in [0.2, 0.25) is 11.8 Å². The van der Waals surface area contributed by atoms with Crippen molar-refractivity contribution in [2.45, 2.75) is 6.92 Å². The van der Waals surface area contributed by atoms with Gasteiger partial charge in [-0.25, -0.2) is 4.98 Å². The number of hydrogen-bond donors (Lipinski definition) is 2. The smallest absolute Gasteiger partial charge is 0.250 e. The van der Waals surface area contributed by atoms with E-state index in [1.54, 1.807) is 30.3 Å². The van der Waals surface area contributed by atoms with Gasteiger partial charge in [-0.1, -0.05) is 47.5 Å². The van der Waals surface area contributed by atoms with Gasteiger partial charge in [0, 0.05) is 22.3 Å². The zero-order chi connectivity index (χ0) is 25.9. The van der Waals surface area contributed by atoms with Crippen LogP contribution in [0.1, 0.15) is 11.3 Å². The van der Waals surface area contributed by atoms with Crippen molar-refractivity contribution < 1.29 is 13.6 Å². The zero-order valence-corrected chi connectivity index (χ0v) is 21.7. The molecule has 0 fully saturated rings. The summed E-state index contributed by atoms with van der Waals surface area (Å²) in [7, 11) is 0. The van der Waals surface area contributed by atoms with Gasteiger partial charge in [0.25, 0.3) is 0 Å². The van der Waals surface area contributed by atoms with Crippen LogP contribution in [0.25, 0.3) is 40.0 Å². The van der Waals surface area contributed by atoms with Gasteiger partial charge < -0.3 is 14.2 Å². The fraction of sp³-hybridized carbons (Fsp3) is 0.0357. The SMILES string of the molecule is Cc1ccc(-c2ccc(/C=C/C(=O)NC(=S)Nc3ccc(Cl)c(-c4nc5ccccc5o4)c3)o2)cc1Cl. The summed E-state index contributed by atoms with van der Waals surface area (Å²) in [5, 5.41) is 6.84. The molecule has 184 valence electrons. The number of rotatable bonds is 5. The summed E-state index contributed by atoms with van der Waals surface area (Å²) >= 11 is 17.9. The van der Waals surface area contributed by atoms with E-state index in [0.29, 0.717) is 44.3 Å². The van der Waals surface area contributed by atoms with E-state index in [-0.39, 0.29) is 5.11 Å². The Hall–Kier alpha value is -3.91. The lowest BCUT2D eigenvalue weighted by Crippen LogP contribution is -2.32. The van der Waals surface area contributed by atoms with Gasteiger partial charge in [-0.15, -0.1) is 0 Å². The molecule has 0 unspecified atom stereocenters. The van der Waals surface area contributed by atoms with Gasteiger partial charge in [-0.3, -0.25) is 10.1 Å². The Labute approximate surface area is 227 Å². The number of carbonyl (C=O) groups is 1. The predicted octanol–water partition coefficient (Wildman–Crippen LogP) is 7.90. The molecule has 6 nitrogen and oxygen atoms in total. The molecule has 2 heterocycles. The van der Waals surface area contributed by atoms with Crippen LogP contribution in [-0.4, -0.2) is 16.0 Å². The largest absolute Gasteiger partial charge is 0.457 e. The molecule has 0 aliphatic carbocycles. The Morgan fingerprint density at radius 1 is 0.973 bits per heavy atom. The Morgan fingerprint density at radius 2 is 1.81 bits per heavy atom. The number of oxazole rings is 1. The minimum absolute atomic E-state index is 0.120. The van der Waals surface area contributed by atoms with Gasteiger partial charge >= 0.3 is 0 Å². The Morgan fingerprint density at radius 3 is 2.62 bits per heavy atom. The highest BCUT2D eigenvalue weighted by Gasteiger charge is 2.13. The van der Waals surface area contributed by atoms with Crippen LogP contribution in [0, 0.1) is 6.92 Å². The number of nitrogens with one attached hydrogen (secondary N) is 2. The fourth-order valence-corrected chi connectivity index (χ4v) is 4.17. The molecule has 5 rings (SSSR count).